The number of hydrogen-bond acceptors (Lipinski definition) is 3. The minimum Gasteiger partial charge on any atom is -0.376 e. The Hall–Kier alpha value is -0.320. The number of ether oxygens (including phenoxy) is 1. The van der Waals surface area contributed by atoms with Crippen LogP contribution in [0.2, 0.25) is 0 Å². The largest absolute Gasteiger partial charge is 0.376 e. The summed E-state index contributed by atoms with van der Waals surface area (Å²) in [5.41, 5.74) is 6.19. The summed E-state index contributed by atoms with van der Waals surface area (Å²) >= 11 is 0. The molecule has 0 heterocycles. The third-order valence-electron chi connectivity index (χ3n) is 5.59. The fraction of sp³-hybridized carbons (Fsp3) is 0.938. The molecule has 0 aliphatic heterocycles. The molecule has 1 amide bonds. The van der Waals surface area contributed by atoms with Crippen LogP contribution in [-0.2, 0) is 9.53 Å². The fourth-order valence-corrected chi connectivity index (χ4v) is 4.47. The molecule has 3 rings (SSSR count). The molecule has 2 bridgehead atoms. The summed E-state index contributed by atoms with van der Waals surface area (Å²) in [5, 5.41) is 3.04. The van der Waals surface area contributed by atoms with E-state index in [2.05, 4.69) is 5.32 Å². The van der Waals surface area contributed by atoms with Gasteiger partial charge in [-0.05, 0) is 43.9 Å². The first-order chi connectivity index (χ1) is 9.75. The van der Waals surface area contributed by atoms with Crippen molar-refractivity contribution in [3.05, 3.63) is 0 Å². The van der Waals surface area contributed by atoms with Crippen molar-refractivity contribution in [3.8, 4) is 0 Å². The van der Waals surface area contributed by atoms with E-state index in [1.165, 1.54) is 44.9 Å². The predicted molar refractivity (Wildman–Crippen MR) is 85.4 cm³/mol. The van der Waals surface area contributed by atoms with Crippen molar-refractivity contribution >= 4 is 18.3 Å². The van der Waals surface area contributed by atoms with Gasteiger partial charge in [0.2, 0.25) is 5.91 Å². The molecule has 122 valence electrons. The maximum Gasteiger partial charge on any atom is 0.225 e. The third-order valence-corrected chi connectivity index (χ3v) is 5.59. The second kappa shape index (κ2) is 7.80. The standard InChI is InChI=1S/C16H28N2O2.ClH/c17-15-12-7-6-11(10-12)14(15)16(19)18-8-9-20-13-4-2-1-3-5-13;/h11-15H,1-10,17H2,(H,18,19);1H. The zero-order valence-corrected chi connectivity index (χ0v) is 13.6. The molecule has 21 heavy (non-hydrogen) atoms. The lowest BCUT2D eigenvalue weighted by Crippen LogP contribution is -2.46. The molecule has 3 fully saturated rings. The van der Waals surface area contributed by atoms with E-state index in [0.717, 1.165) is 6.42 Å². The van der Waals surface area contributed by atoms with Gasteiger partial charge >= 0.3 is 0 Å². The Morgan fingerprint density at radius 1 is 1.10 bits per heavy atom. The Morgan fingerprint density at radius 3 is 2.48 bits per heavy atom. The highest BCUT2D eigenvalue weighted by Crippen LogP contribution is 2.47. The molecular formula is C16H29ClN2O2. The number of carbonyl (C=O) groups is 1. The van der Waals surface area contributed by atoms with Crippen molar-refractivity contribution < 1.29 is 9.53 Å². The van der Waals surface area contributed by atoms with E-state index in [0.29, 0.717) is 31.1 Å². The van der Waals surface area contributed by atoms with Crippen molar-refractivity contribution in [2.24, 2.45) is 23.5 Å². The SMILES string of the molecule is Cl.NC1C2CCC(C2)C1C(=O)NCCOC1CCCCC1. The summed E-state index contributed by atoms with van der Waals surface area (Å²) < 4.78 is 5.84. The molecule has 0 aromatic carbocycles. The maximum absolute atomic E-state index is 12.3. The molecule has 0 aromatic heterocycles. The lowest BCUT2D eigenvalue weighted by atomic mass is 9.84. The fourth-order valence-electron chi connectivity index (χ4n) is 4.47. The van der Waals surface area contributed by atoms with Crippen LogP contribution < -0.4 is 11.1 Å². The molecule has 0 spiro atoms. The molecule has 0 saturated heterocycles. The van der Waals surface area contributed by atoms with Crippen LogP contribution in [0.15, 0.2) is 0 Å². The average Bonchev–Trinajstić information content (AvgIpc) is 3.05. The van der Waals surface area contributed by atoms with Crippen LogP contribution in [0.3, 0.4) is 0 Å². The van der Waals surface area contributed by atoms with E-state index in [9.17, 15) is 4.79 Å². The second-order valence-electron chi connectivity index (χ2n) is 6.86. The van der Waals surface area contributed by atoms with Crippen molar-refractivity contribution in [1.29, 1.82) is 0 Å². The van der Waals surface area contributed by atoms with Crippen LogP contribution in [0, 0.1) is 17.8 Å². The summed E-state index contributed by atoms with van der Waals surface area (Å²) in [6.07, 6.45) is 10.3. The Kier molecular flexibility index (Phi) is 6.33. The Morgan fingerprint density at radius 2 is 1.81 bits per heavy atom. The summed E-state index contributed by atoms with van der Waals surface area (Å²) in [4.78, 5) is 12.3. The van der Waals surface area contributed by atoms with Gasteiger partial charge in [0.05, 0.1) is 18.6 Å². The zero-order valence-electron chi connectivity index (χ0n) is 12.8. The van der Waals surface area contributed by atoms with Gasteiger partial charge in [0.25, 0.3) is 0 Å². The molecule has 3 saturated carbocycles. The molecule has 3 N–H and O–H groups in total. The minimum atomic E-state index is 0. The lowest BCUT2D eigenvalue weighted by Gasteiger charge is -2.27. The smallest absolute Gasteiger partial charge is 0.225 e. The van der Waals surface area contributed by atoms with Crippen LogP contribution in [0.25, 0.3) is 0 Å². The van der Waals surface area contributed by atoms with Gasteiger partial charge in [0.1, 0.15) is 0 Å². The molecule has 4 atom stereocenters. The van der Waals surface area contributed by atoms with Gasteiger partial charge in [-0.2, -0.15) is 0 Å². The van der Waals surface area contributed by atoms with Crippen LogP contribution >= 0.6 is 12.4 Å². The van der Waals surface area contributed by atoms with E-state index in [1.54, 1.807) is 0 Å². The molecule has 0 radical (unpaired) electrons. The van der Waals surface area contributed by atoms with Gasteiger partial charge in [-0.3, -0.25) is 4.79 Å². The van der Waals surface area contributed by atoms with Gasteiger partial charge in [-0.25, -0.2) is 0 Å². The number of fused-ring (bicyclic) bond motifs is 2. The van der Waals surface area contributed by atoms with E-state index in [1.807, 2.05) is 0 Å². The van der Waals surface area contributed by atoms with Gasteiger partial charge in [0.15, 0.2) is 0 Å². The second-order valence-corrected chi connectivity index (χ2v) is 6.86. The summed E-state index contributed by atoms with van der Waals surface area (Å²) in [5.74, 6) is 1.35. The predicted octanol–water partition coefficient (Wildman–Crippen LogP) is 2.25. The van der Waals surface area contributed by atoms with E-state index in [4.69, 9.17) is 10.5 Å². The number of hydrogen-bond donors (Lipinski definition) is 2. The number of carbonyl (C=O) groups excluding carboxylic acids is 1. The van der Waals surface area contributed by atoms with E-state index in [-0.39, 0.29) is 30.3 Å². The van der Waals surface area contributed by atoms with E-state index >= 15 is 0 Å². The van der Waals surface area contributed by atoms with Crippen LogP contribution in [0.4, 0.5) is 0 Å². The summed E-state index contributed by atoms with van der Waals surface area (Å²) in [6, 6.07) is 0.0908. The molecule has 4 unspecified atom stereocenters. The van der Waals surface area contributed by atoms with Crippen molar-refractivity contribution in [2.75, 3.05) is 13.2 Å². The normalized spacial score (nSPS) is 35.5. The Balaban J connectivity index is 0.00000161. The molecule has 5 heteroatoms. The van der Waals surface area contributed by atoms with Gasteiger partial charge < -0.3 is 15.8 Å². The van der Waals surface area contributed by atoms with Crippen LogP contribution in [-0.4, -0.2) is 31.2 Å². The first kappa shape index (κ1) is 17.0. The number of rotatable bonds is 5. The third kappa shape index (κ3) is 3.91. The Labute approximate surface area is 134 Å². The summed E-state index contributed by atoms with van der Waals surface area (Å²) in [7, 11) is 0. The van der Waals surface area contributed by atoms with Gasteiger partial charge in [-0.1, -0.05) is 19.3 Å². The highest BCUT2D eigenvalue weighted by atomic mass is 35.5. The average molecular weight is 317 g/mol. The number of amides is 1. The summed E-state index contributed by atoms with van der Waals surface area (Å²) in [6.45, 7) is 1.28. The molecule has 3 aliphatic rings. The molecule has 3 aliphatic carbocycles. The lowest BCUT2D eigenvalue weighted by molar-refractivity contribution is -0.127. The first-order valence-electron chi connectivity index (χ1n) is 8.40. The number of nitrogens with one attached hydrogen (secondary N) is 1. The number of halogens is 1. The first-order valence-corrected chi connectivity index (χ1v) is 8.40. The maximum atomic E-state index is 12.3. The quantitative estimate of drug-likeness (QED) is 0.765. The molecular weight excluding hydrogens is 288 g/mol. The van der Waals surface area contributed by atoms with Crippen molar-refractivity contribution in [1.82, 2.24) is 5.32 Å². The van der Waals surface area contributed by atoms with Gasteiger partial charge in [-0.15, -0.1) is 12.4 Å². The van der Waals surface area contributed by atoms with Gasteiger partial charge in [0, 0.05) is 12.6 Å². The van der Waals surface area contributed by atoms with Crippen LogP contribution in [0.1, 0.15) is 51.4 Å². The highest BCUT2D eigenvalue weighted by Gasteiger charge is 2.48. The van der Waals surface area contributed by atoms with E-state index < -0.39 is 0 Å². The molecule has 0 aromatic rings. The zero-order chi connectivity index (χ0) is 13.9. The Bertz CT molecular complexity index is 345. The van der Waals surface area contributed by atoms with Crippen molar-refractivity contribution in [3.63, 3.8) is 0 Å². The highest BCUT2D eigenvalue weighted by molar-refractivity contribution is 5.85. The topological polar surface area (TPSA) is 64.4 Å². The molecule has 4 nitrogen and oxygen atoms in total. The minimum absolute atomic E-state index is 0. The monoisotopic (exact) mass is 316 g/mol. The van der Waals surface area contributed by atoms with Crippen LogP contribution in [0.5, 0.6) is 0 Å². The van der Waals surface area contributed by atoms with Crippen molar-refractivity contribution in [2.45, 2.75) is 63.5 Å². The number of nitrogens with two attached hydrogens (primary N) is 1.